The Labute approximate surface area is 148 Å². The van der Waals surface area contributed by atoms with Gasteiger partial charge in [-0.15, -0.1) is 0 Å². The molecule has 1 aliphatic heterocycles. The molecule has 0 bridgehead atoms. The maximum atomic E-state index is 5.70. The van der Waals surface area contributed by atoms with Crippen LogP contribution in [0.5, 0.6) is 0 Å². The highest BCUT2D eigenvalue weighted by molar-refractivity contribution is 5.63. The summed E-state index contributed by atoms with van der Waals surface area (Å²) in [4.78, 5) is 13.6. The Balaban J connectivity index is 1.55. The summed E-state index contributed by atoms with van der Waals surface area (Å²) in [5.74, 6) is 1.54. The molecule has 25 heavy (non-hydrogen) atoms. The van der Waals surface area contributed by atoms with E-state index in [4.69, 9.17) is 9.72 Å². The topological polar surface area (TPSA) is 72.0 Å². The molecule has 0 aromatic carbocycles. The SMILES string of the molecule is c1cncc(-c2cc(NC[C@@H]3CCCO3)nc(NC3CCCC3)n2)c1. The van der Waals surface area contributed by atoms with Gasteiger partial charge in [-0.3, -0.25) is 4.98 Å². The van der Waals surface area contributed by atoms with Crippen LogP contribution >= 0.6 is 0 Å². The Morgan fingerprint density at radius 3 is 2.80 bits per heavy atom. The fourth-order valence-electron chi connectivity index (χ4n) is 3.54. The van der Waals surface area contributed by atoms with Crippen molar-refractivity contribution < 1.29 is 4.74 Å². The molecule has 2 fully saturated rings. The molecule has 1 saturated heterocycles. The molecule has 2 aromatic rings. The lowest BCUT2D eigenvalue weighted by molar-refractivity contribution is 0.120. The third-order valence-corrected chi connectivity index (χ3v) is 4.91. The summed E-state index contributed by atoms with van der Waals surface area (Å²) in [5, 5.41) is 6.93. The Kier molecular flexibility index (Phi) is 5.06. The van der Waals surface area contributed by atoms with E-state index in [1.165, 1.54) is 25.7 Å². The average Bonchev–Trinajstić information content (AvgIpc) is 3.34. The minimum absolute atomic E-state index is 0.281. The Morgan fingerprint density at radius 2 is 2.04 bits per heavy atom. The standard InChI is InChI=1S/C19H25N5O/c1-2-7-15(6-1)22-19-23-17(14-5-3-9-20-12-14)11-18(24-19)21-13-16-8-4-10-25-16/h3,5,9,11-12,15-16H,1-2,4,6-8,10,13H2,(H2,21,22,23,24)/t16-/m0/s1. The zero-order valence-electron chi connectivity index (χ0n) is 14.4. The van der Waals surface area contributed by atoms with Crippen LogP contribution in [-0.2, 0) is 4.74 Å². The summed E-state index contributed by atoms with van der Waals surface area (Å²) in [7, 11) is 0. The number of ether oxygens (including phenoxy) is 1. The minimum atomic E-state index is 0.281. The first-order valence-corrected chi connectivity index (χ1v) is 9.28. The van der Waals surface area contributed by atoms with Gasteiger partial charge in [0.15, 0.2) is 0 Å². The van der Waals surface area contributed by atoms with E-state index in [-0.39, 0.29) is 6.10 Å². The molecule has 132 valence electrons. The number of rotatable bonds is 6. The molecule has 2 aliphatic rings. The van der Waals surface area contributed by atoms with Crippen LogP contribution in [0.25, 0.3) is 11.3 Å². The summed E-state index contributed by atoms with van der Waals surface area (Å²) in [6.07, 6.45) is 11.1. The van der Waals surface area contributed by atoms with Gasteiger partial charge in [-0.2, -0.15) is 4.98 Å². The zero-order valence-corrected chi connectivity index (χ0v) is 14.4. The van der Waals surface area contributed by atoms with E-state index in [0.29, 0.717) is 12.0 Å². The van der Waals surface area contributed by atoms with E-state index in [2.05, 4.69) is 20.6 Å². The number of hydrogen-bond donors (Lipinski definition) is 2. The van der Waals surface area contributed by atoms with Gasteiger partial charge in [0.25, 0.3) is 0 Å². The molecule has 1 aliphatic carbocycles. The monoisotopic (exact) mass is 339 g/mol. The third kappa shape index (κ3) is 4.25. The summed E-state index contributed by atoms with van der Waals surface area (Å²) >= 11 is 0. The Hall–Kier alpha value is -2.21. The van der Waals surface area contributed by atoms with Crippen LogP contribution in [-0.4, -0.2) is 40.2 Å². The van der Waals surface area contributed by atoms with E-state index in [9.17, 15) is 0 Å². The van der Waals surface area contributed by atoms with Crippen molar-refractivity contribution in [2.75, 3.05) is 23.8 Å². The van der Waals surface area contributed by atoms with Gasteiger partial charge < -0.3 is 15.4 Å². The van der Waals surface area contributed by atoms with Crippen LogP contribution in [0.15, 0.2) is 30.6 Å². The fraction of sp³-hybridized carbons (Fsp3) is 0.526. The van der Waals surface area contributed by atoms with Gasteiger partial charge in [-0.25, -0.2) is 4.98 Å². The van der Waals surface area contributed by atoms with E-state index in [0.717, 1.165) is 43.1 Å². The smallest absolute Gasteiger partial charge is 0.225 e. The third-order valence-electron chi connectivity index (χ3n) is 4.91. The summed E-state index contributed by atoms with van der Waals surface area (Å²) in [5.41, 5.74) is 1.89. The van der Waals surface area contributed by atoms with Crippen LogP contribution in [0.3, 0.4) is 0 Å². The van der Waals surface area contributed by atoms with Gasteiger partial charge in [0.2, 0.25) is 5.95 Å². The first-order chi connectivity index (χ1) is 12.4. The summed E-state index contributed by atoms with van der Waals surface area (Å²) < 4.78 is 5.70. The second kappa shape index (κ2) is 7.78. The lowest BCUT2D eigenvalue weighted by Gasteiger charge is -2.16. The number of pyridine rings is 1. The second-order valence-corrected chi connectivity index (χ2v) is 6.85. The van der Waals surface area contributed by atoms with Crippen molar-refractivity contribution in [2.24, 2.45) is 0 Å². The van der Waals surface area contributed by atoms with Crippen molar-refractivity contribution in [1.29, 1.82) is 0 Å². The van der Waals surface area contributed by atoms with Crippen molar-refractivity contribution in [3.63, 3.8) is 0 Å². The molecular formula is C19H25N5O. The fourth-order valence-corrected chi connectivity index (χ4v) is 3.54. The molecule has 3 heterocycles. The average molecular weight is 339 g/mol. The molecule has 1 atom stereocenters. The molecule has 4 rings (SSSR count). The van der Waals surface area contributed by atoms with Gasteiger partial charge in [-0.1, -0.05) is 12.8 Å². The van der Waals surface area contributed by atoms with Crippen molar-refractivity contribution in [3.8, 4) is 11.3 Å². The number of anilines is 2. The van der Waals surface area contributed by atoms with E-state index in [1.807, 2.05) is 24.4 Å². The van der Waals surface area contributed by atoms with Crippen LogP contribution in [0.1, 0.15) is 38.5 Å². The number of nitrogens with one attached hydrogen (secondary N) is 2. The molecular weight excluding hydrogens is 314 g/mol. The van der Waals surface area contributed by atoms with Crippen LogP contribution in [0.2, 0.25) is 0 Å². The molecule has 1 saturated carbocycles. The Bertz CT molecular complexity index is 681. The predicted octanol–water partition coefficient (Wildman–Crippen LogP) is 3.48. The van der Waals surface area contributed by atoms with Gasteiger partial charge >= 0.3 is 0 Å². The van der Waals surface area contributed by atoms with Crippen molar-refractivity contribution >= 4 is 11.8 Å². The van der Waals surface area contributed by atoms with Crippen molar-refractivity contribution in [2.45, 2.75) is 50.7 Å². The highest BCUT2D eigenvalue weighted by atomic mass is 16.5. The molecule has 0 spiro atoms. The number of nitrogens with zero attached hydrogens (tertiary/aromatic N) is 3. The van der Waals surface area contributed by atoms with Crippen LogP contribution in [0, 0.1) is 0 Å². The minimum Gasteiger partial charge on any atom is -0.376 e. The van der Waals surface area contributed by atoms with Gasteiger partial charge in [0.1, 0.15) is 5.82 Å². The van der Waals surface area contributed by atoms with E-state index < -0.39 is 0 Å². The number of hydrogen-bond acceptors (Lipinski definition) is 6. The highest BCUT2D eigenvalue weighted by Crippen LogP contribution is 2.25. The maximum absolute atomic E-state index is 5.70. The lowest BCUT2D eigenvalue weighted by Crippen LogP contribution is -2.21. The normalized spacial score (nSPS) is 20.7. The van der Waals surface area contributed by atoms with Gasteiger partial charge in [-0.05, 0) is 37.8 Å². The van der Waals surface area contributed by atoms with Crippen molar-refractivity contribution in [1.82, 2.24) is 15.0 Å². The lowest BCUT2D eigenvalue weighted by atomic mass is 10.2. The van der Waals surface area contributed by atoms with E-state index >= 15 is 0 Å². The first kappa shape index (κ1) is 16.3. The van der Waals surface area contributed by atoms with Gasteiger partial charge in [0.05, 0.1) is 11.8 Å². The Morgan fingerprint density at radius 1 is 1.12 bits per heavy atom. The predicted molar refractivity (Wildman–Crippen MR) is 98.6 cm³/mol. The number of aromatic nitrogens is 3. The zero-order chi connectivity index (χ0) is 16.9. The molecule has 6 heteroatoms. The quantitative estimate of drug-likeness (QED) is 0.839. The highest BCUT2D eigenvalue weighted by Gasteiger charge is 2.18. The largest absolute Gasteiger partial charge is 0.376 e. The van der Waals surface area contributed by atoms with Gasteiger partial charge in [0, 0.05) is 43.2 Å². The van der Waals surface area contributed by atoms with Crippen LogP contribution < -0.4 is 10.6 Å². The van der Waals surface area contributed by atoms with Crippen LogP contribution in [0.4, 0.5) is 11.8 Å². The second-order valence-electron chi connectivity index (χ2n) is 6.85. The van der Waals surface area contributed by atoms with E-state index in [1.54, 1.807) is 6.20 Å². The molecule has 2 N–H and O–H groups in total. The maximum Gasteiger partial charge on any atom is 0.225 e. The molecule has 2 aromatic heterocycles. The summed E-state index contributed by atoms with van der Waals surface area (Å²) in [6.45, 7) is 1.65. The first-order valence-electron chi connectivity index (χ1n) is 9.28. The van der Waals surface area contributed by atoms with Crippen molar-refractivity contribution in [3.05, 3.63) is 30.6 Å². The summed E-state index contributed by atoms with van der Waals surface area (Å²) in [6, 6.07) is 6.43. The molecule has 0 amide bonds. The molecule has 0 radical (unpaired) electrons. The molecule has 0 unspecified atom stereocenters. The molecule has 6 nitrogen and oxygen atoms in total.